The first-order valence-electron chi connectivity index (χ1n) is 7.44. The number of carbonyl (C=O) groups is 2. The highest BCUT2D eigenvalue weighted by Crippen LogP contribution is 2.31. The van der Waals surface area contributed by atoms with Gasteiger partial charge in [0, 0.05) is 20.1 Å². The van der Waals surface area contributed by atoms with Gasteiger partial charge in [-0.1, -0.05) is 18.2 Å². The molecule has 124 valence electrons. The summed E-state index contributed by atoms with van der Waals surface area (Å²) in [6.07, 6.45) is 0.569. The van der Waals surface area contributed by atoms with Gasteiger partial charge >= 0.3 is 6.03 Å². The number of urea groups is 1. The minimum atomic E-state index is -3.59. The lowest BCUT2D eigenvalue weighted by Crippen LogP contribution is -2.55. The Morgan fingerprint density at radius 3 is 2.26 bits per heavy atom. The highest BCUT2D eigenvalue weighted by Gasteiger charge is 2.52. The summed E-state index contributed by atoms with van der Waals surface area (Å²) in [6.45, 7) is 2.17. The van der Waals surface area contributed by atoms with Gasteiger partial charge in [0.1, 0.15) is 5.54 Å². The standard InChI is InChI=1S/C15H19N3O4S/c1-11-5-3-4-6-12(11)23(21,22)18-9-7-15(8-10-18)13(19)17(2)14(20)16-15/h3-6H,7-10H2,1-2H3,(H,16,20). The third kappa shape index (κ3) is 2.42. The Labute approximate surface area is 135 Å². The molecule has 0 atom stereocenters. The molecule has 8 heteroatoms. The van der Waals surface area contributed by atoms with E-state index in [1.807, 2.05) is 0 Å². The van der Waals surface area contributed by atoms with Crippen LogP contribution in [-0.4, -0.2) is 55.2 Å². The highest BCUT2D eigenvalue weighted by molar-refractivity contribution is 7.89. The number of benzene rings is 1. The molecule has 3 rings (SSSR count). The number of nitrogens with one attached hydrogen (secondary N) is 1. The molecule has 1 spiro atoms. The number of hydrogen-bond acceptors (Lipinski definition) is 4. The summed E-state index contributed by atoms with van der Waals surface area (Å²) in [5, 5.41) is 2.71. The first-order valence-corrected chi connectivity index (χ1v) is 8.88. The van der Waals surface area contributed by atoms with Crippen LogP contribution in [0, 0.1) is 6.92 Å². The van der Waals surface area contributed by atoms with Crippen LogP contribution in [0.3, 0.4) is 0 Å². The predicted molar refractivity (Wildman–Crippen MR) is 83.2 cm³/mol. The van der Waals surface area contributed by atoms with E-state index in [-0.39, 0.29) is 36.7 Å². The van der Waals surface area contributed by atoms with Crippen LogP contribution in [0.5, 0.6) is 0 Å². The second-order valence-corrected chi connectivity index (χ2v) is 7.95. The molecule has 0 radical (unpaired) electrons. The first-order chi connectivity index (χ1) is 10.8. The van der Waals surface area contributed by atoms with E-state index in [0.29, 0.717) is 5.56 Å². The average molecular weight is 337 g/mol. The van der Waals surface area contributed by atoms with Crippen molar-refractivity contribution in [3.8, 4) is 0 Å². The average Bonchev–Trinajstić information content (AvgIpc) is 2.72. The summed E-state index contributed by atoms with van der Waals surface area (Å²) < 4.78 is 26.9. The molecule has 0 unspecified atom stereocenters. The Morgan fingerprint density at radius 2 is 1.74 bits per heavy atom. The molecule has 1 aromatic rings. The zero-order valence-corrected chi connectivity index (χ0v) is 13.9. The first kappa shape index (κ1) is 15.9. The number of carbonyl (C=O) groups excluding carboxylic acids is 2. The van der Waals surface area contributed by atoms with Gasteiger partial charge in [-0.3, -0.25) is 9.69 Å². The third-order valence-corrected chi connectivity index (χ3v) is 6.71. The zero-order chi connectivity index (χ0) is 16.8. The van der Waals surface area contributed by atoms with Crippen LogP contribution in [0.1, 0.15) is 18.4 Å². The molecular weight excluding hydrogens is 318 g/mol. The minimum Gasteiger partial charge on any atom is -0.323 e. The largest absolute Gasteiger partial charge is 0.324 e. The third-order valence-electron chi connectivity index (χ3n) is 4.65. The van der Waals surface area contributed by atoms with Gasteiger partial charge in [-0.15, -0.1) is 0 Å². The van der Waals surface area contributed by atoms with E-state index in [4.69, 9.17) is 0 Å². The molecule has 0 aromatic heterocycles. The predicted octanol–water partition coefficient (Wildman–Crippen LogP) is 0.700. The van der Waals surface area contributed by atoms with Crippen LogP contribution < -0.4 is 5.32 Å². The van der Waals surface area contributed by atoms with Gasteiger partial charge in [-0.25, -0.2) is 13.2 Å². The molecule has 2 fully saturated rings. The van der Waals surface area contributed by atoms with Gasteiger partial charge < -0.3 is 5.32 Å². The topological polar surface area (TPSA) is 86.8 Å². The van der Waals surface area contributed by atoms with Crippen molar-refractivity contribution in [3.05, 3.63) is 29.8 Å². The summed E-state index contributed by atoms with van der Waals surface area (Å²) in [6, 6.07) is 6.41. The molecule has 3 amide bonds. The van der Waals surface area contributed by atoms with E-state index in [9.17, 15) is 18.0 Å². The molecule has 2 saturated heterocycles. The molecule has 23 heavy (non-hydrogen) atoms. The van der Waals surface area contributed by atoms with E-state index in [1.165, 1.54) is 11.4 Å². The van der Waals surface area contributed by atoms with Gasteiger partial charge in [0.2, 0.25) is 10.0 Å². The molecule has 0 aliphatic carbocycles. The van der Waals surface area contributed by atoms with Crippen molar-refractivity contribution in [3.63, 3.8) is 0 Å². The number of amides is 3. The second kappa shape index (κ2) is 5.31. The summed E-state index contributed by atoms with van der Waals surface area (Å²) in [5.74, 6) is -0.282. The van der Waals surface area contributed by atoms with Crippen molar-refractivity contribution in [1.29, 1.82) is 0 Å². The number of sulfonamides is 1. The summed E-state index contributed by atoms with van der Waals surface area (Å²) in [5.41, 5.74) is -0.262. The second-order valence-electron chi connectivity index (χ2n) is 6.05. The monoisotopic (exact) mass is 337 g/mol. The molecule has 7 nitrogen and oxygen atoms in total. The van der Waals surface area contributed by atoms with Crippen molar-refractivity contribution in [2.24, 2.45) is 0 Å². The number of hydrogen-bond donors (Lipinski definition) is 1. The van der Waals surface area contributed by atoms with E-state index < -0.39 is 21.6 Å². The molecular formula is C15H19N3O4S. The van der Waals surface area contributed by atoms with E-state index in [1.54, 1.807) is 31.2 Å². The van der Waals surface area contributed by atoms with Crippen molar-refractivity contribution in [2.45, 2.75) is 30.2 Å². The summed E-state index contributed by atoms with van der Waals surface area (Å²) in [4.78, 5) is 25.3. The van der Waals surface area contributed by atoms with Crippen LogP contribution in [0.25, 0.3) is 0 Å². The molecule has 2 heterocycles. The molecule has 2 aliphatic heterocycles. The highest BCUT2D eigenvalue weighted by atomic mass is 32.2. The minimum absolute atomic E-state index is 0.205. The fraction of sp³-hybridized carbons (Fsp3) is 0.467. The van der Waals surface area contributed by atoms with Crippen LogP contribution in [0.4, 0.5) is 4.79 Å². The Kier molecular flexibility index (Phi) is 3.68. The van der Waals surface area contributed by atoms with Crippen molar-refractivity contribution < 1.29 is 18.0 Å². The molecule has 1 aromatic carbocycles. The Bertz CT molecular complexity index is 767. The SMILES string of the molecule is Cc1ccccc1S(=O)(=O)N1CCC2(CC1)NC(=O)N(C)C2=O. The summed E-state index contributed by atoms with van der Waals surface area (Å²) >= 11 is 0. The van der Waals surface area contributed by atoms with Crippen LogP contribution in [0.2, 0.25) is 0 Å². The van der Waals surface area contributed by atoms with E-state index in [2.05, 4.69) is 5.32 Å². The van der Waals surface area contributed by atoms with Gasteiger partial charge in [0.25, 0.3) is 5.91 Å². The summed E-state index contributed by atoms with van der Waals surface area (Å²) in [7, 11) is -2.15. The normalized spacial score (nSPS) is 21.7. The molecule has 0 bridgehead atoms. The molecule has 0 saturated carbocycles. The number of likely N-dealkylation sites (N-methyl/N-ethyl adjacent to an activating group) is 1. The zero-order valence-electron chi connectivity index (χ0n) is 13.1. The quantitative estimate of drug-likeness (QED) is 0.805. The lowest BCUT2D eigenvalue weighted by atomic mass is 9.88. The van der Waals surface area contributed by atoms with Crippen LogP contribution >= 0.6 is 0 Å². The van der Waals surface area contributed by atoms with Crippen molar-refractivity contribution >= 4 is 22.0 Å². The number of nitrogens with zero attached hydrogens (tertiary/aromatic N) is 2. The fourth-order valence-corrected chi connectivity index (χ4v) is 4.85. The Balaban J connectivity index is 1.81. The van der Waals surface area contributed by atoms with Crippen molar-refractivity contribution in [1.82, 2.24) is 14.5 Å². The van der Waals surface area contributed by atoms with Gasteiger partial charge in [-0.2, -0.15) is 4.31 Å². The van der Waals surface area contributed by atoms with Crippen molar-refractivity contribution in [2.75, 3.05) is 20.1 Å². The maximum Gasteiger partial charge on any atom is 0.324 e. The van der Waals surface area contributed by atoms with Gasteiger partial charge in [-0.05, 0) is 31.4 Å². The molecule has 1 N–H and O–H groups in total. The van der Waals surface area contributed by atoms with Gasteiger partial charge in [0.05, 0.1) is 4.90 Å². The van der Waals surface area contributed by atoms with E-state index >= 15 is 0 Å². The molecule has 2 aliphatic rings. The lowest BCUT2D eigenvalue weighted by molar-refractivity contribution is -0.131. The fourth-order valence-electron chi connectivity index (χ4n) is 3.19. The van der Waals surface area contributed by atoms with E-state index in [0.717, 1.165) is 4.90 Å². The number of imide groups is 1. The van der Waals surface area contributed by atoms with Crippen LogP contribution in [0.15, 0.2) is 29.2 Å². The maximum absolute atomic E-state index is 12.8. The Morgan fingerprint density at radius 1 is 1.13 bits per heavy atom. The maximum atomic E-state index is 12.8. The number of rotatable bonds is 2. The Hall–Kier alpha value is -1.93. The van der Waals surface area contributed by atoms with Gasteiger partial charge in [0.15, 0.2) is 0 Å². The number of piperidine rings is 1. The number of aryl methyl sites for hydroxylation is 1. The lowest BCUT2D eigenvalue weighted by Gasteiger charge is -2.36. The van der Waals surface area contributed by atoms with Crippen LogP contribution in [-0.2, 0) is 14.8 Å². The smallest absolute Gasteiger partial charge is 0.323 e.